The predicted octanol–water partition coefficient (Wildman–Crippen LogP) is 2.85. The Bertz CT molecular complexity index is 409. The second-order valence-corrected chi connectivity index (χ2v) is 7.35. The van der Waals surface area contributed by atoms with Gasteiger partial charge in [0.15, 0.2) is 0 Å². The first-order valence-corrected chi connectivity index (χ1v) is 6.86. The second kappa shape index (κ2) is 3.02. The molecule has 3 aliphatic carbocycles. The minimum Gasteiger partial charge on any atom is -0.299 e. The Hall–Kier alpha value is -0.660. The number of hydrogen-bond acceptors (Lipinski definition) is 2. The zero-order valence-electron chi connectivity index (χ0n) is 11.2. The van der Waals surface area contributed by atoms with Gasteiger partial charge in [0.25, 0.3) is 0 Å². The van der Waals surface area contributed by atoms with Crippen LogP contribution in [0.2, 0.25) is 0 Å². The highest BCUT2D eigenvalue weighted by atomic mass is 16.1. The quantitative estimate of drug-likeness (QED) is 0.646. The monoisotopic (exact) mass is 234 g/mol. The van der Waals surface area contributed by atoms with Crippen LogP contribution < -0.4 is 0 Å². The zero-order valence-corrected chi connectivity index (χ0v) is 11.2. The Morgan fingerprint density at radius 3 is 2.41 bits per heavy atom. The lowest BCUT2D eigenvalue weighted by atomic mass is 9.56. The van der Waals surface area contributed by atoms with Gasteiger partial charge < -0.3 is 0 Å². The van der Waals surface area contributed by atoms with Crippen LogP contribution in [0.25, 0.3) is 0 Å². The average molecular weight is 234 g/mol. The summed E-state index contributed by atoms with van der Waals surface area (Å²) in [5, 5.41) is 0. The molecular weight excluding hydrogens is 212 g/mol. The van der Waals surface area contributed by atoms with Gasteiger partial charge in [-0.15, -0.1) is 0 Å². The zero-order chi connectivity index (χ0) is 12.6. The van der Waals surface area contributed by atoms with Crippen LogP contribution in [0.1, 0.15) is 47.0 Å². The van der Waals surface area contributed by atoms with Crippen molar-refractivity contribution in [3.05, 3.63) is 0 Å². The smallest absolute Gasteiger partial charge is 0.139 e. The summed E-state index contributed by atoms with van der Waals surface area (Å²) in [6.07, 6.45) is 2.21. The molecule has 3 aliphatic rings. The number of carbonyl (C=O) groups is 2. The molecule has 0 spiro atoms. The summed E-state index contributed by atoms with van der Waals surface area (Å²) in [6, 6.07) is 0. The van der Waals surface area contributed by atoms with E-state index in [0.29, 0.717) is 42.2 Å². The van der Waals surface area contributed by atoms with E-state index in [0.717, 1.165) is 6.42 Å². The Morgan fingerprint density at radius 1 is 1.12 bits per heavy atom. The highest BCUT2D eigenvalue weighted by Crippen LogP contribution is 2.71. The van der Waals surface area contributed by atoms with E-state index >= 15 is 0 Å². The van der Waals surface area contributed by atoms with Gasteiger partial charge in [0.1, 0.15) is 11.6 Å². The molecule has 0 saturated heterocycles. The van der Waals surface area contributed by atoms with E-state index in [2.05, 4.69) is 27.7 Å². The number of hydrogen-bond donors (Lipinski definition) is 0. The van der Waals surface area contributed by atoms with Crippen LogP contribution in [0.3, 0.4) is 0 Å². The van der Waals surface area contributed by atoms with Crippen molar-refractivity contribution in [2.75, 3.05) is 0 Å². The number of fused-ring (bicyclic) bond motifs is 3. The van der Waals surface area contributed by atoms with Gasteiger partial charge in [-0.2, -0.15) is 0 Å². The summed E-state index contributed by atoms with van der Waals surface area (Å²) >= 11 is 0. The van der Waals surface area contributed by atoms with Crippen LogP contribution in [-0.4, -0.2) is 11.6 Å². The molecular formula is C15H22O2. The highest BCUT2D eigenvalue weighted by molar-refractivity contribution is 5.96. The molecule has 2 nitrogen and oxygen atoms in total. The summed E-state index contributed by atoms with van der Waals surface area (Å²) in [5.41, 5.74) is -0.199. The van der Waals surface area contributed by atoms with Gasteiger partial charge in [0.2, 0.25) is 0 Å². The number of rotatable bonds is 0. The fourth-order valence-corrected chi connectivity index (χ4v) is 5.04. The molecule has 94 valence electrons. The molecule has 3 saturated carbocycles. The lowest BCUT2D eigenvalue weighted by molar-refractivity contribution is -0.146. The van der Waals surface area contributed by atoms with E-state index in [-0.39, 0.29) is 16.7 Å². The van der Waals surface area contributed by atoms with Gasteiger partial charge in [0, 0.05) is 24.2 Å². The van der Waals surface area contributed by atoms with Gasteiger partial charge >= 0.3 is 0 Å². The van der Waals surface area contributed by atoms with Crippen LogP contribution in [-0.2, 0) is 9.59 Å². The minimum absolute atomic E-state index is 0.144. The summed E-state index contributed by atoms with van der Waals surface area (Å²) in [5.74, 6) is 2.44. The first-order valence-electron chi connectivity index (χ1n) is 6.86. The van der Waals surface area contributed by atoms with Crippen molar-refractivity contribution in [3.8, 4) is 0 Å². The van der Waals surface area contributed by atoms with Gasteiger partial charge in [-0.25, -0.2) is 0 Å². The average Bonchev–Trinajstić information content (AvgIpc) is 2.77. The van der Waals surface area contributed by atoms with Crippen LogP contribution in [0.5, 0.6) is 0 Å². The van der Waals surface area contributed by atoms with Crippen LogP contribution in [0.4, 0.5) is 0 Å². The molecule has 0 aliphatic heterocycles. The summed E-state index contributed by atoms with van der Waals surface area (Å²) in [4.78, 5) is 24.5. The first kappa shape index (κ1) is 11.4. The summed E-state index contributed by atoms with van der Waals surface area (Å²) in [7, 11) is 0. The lowest BCUT2D eigenvalue weighted by Crippen LogP contribution is -2.49. The Morgan fingerprint density at radius 2 is 1.76 bits per heavy atom. The Labute approximate surface area is 103 Å². The third kappa shape index (κ3) is 1.22. The summed E-state index contributed by atoms with van der Waals surface area (Å²) in [6.45, 7) is 8.74. The molecule has 17 heavy (non-hydrogen) atoms. The third-order valence-electron chi connectivity index (χ3n) is 6.00. The van der Waals surface area contributed by atoms with E-state index in [1.54, 1.807) is 0 Å². The first-order chi connectivity index (χ1) is 7.80. The van der Waals surface area contributed by atoms with Crippen molar-refractivity contribution in [2.45, 2.75) is 47.0 Å². The largest absolute Gasteiger partial charge is 0.299 e. The van der Waals surface area contributed by atoms with Crippen molar-refractivity contribution < 1.29 is 9.59 Å². The SMILES string of the molecule is C[C@@H]1CCC(=O)[C@]2(C)CC(=O)[C@@H]3[C@H]([C@@H]12)C3(C)C. The molecule has 0 N–H and O–H groups in total. The third-order valence-corrected chi connectivity index (χ3v) is 6.00. The molecule has 0 unspecified atom stereocenters. The summed E-state index contributed by atoms with van der Waals surface area (Å²) < 4.78 is 0. The lowest BCUT2D eigenvalue weighted by Gasteiger charge is -2.46. The predicted molar refractivity (Wildman–Crippen MR) is 65.4 cm³/mol. The van der Waals surface area contributed by atoms with E-state index < -0.39 is 0 Å². The molecule has 0 bridgehead atoms. The second-order valence-electron chi connectivity index (χ2n) is 7.35. The maximum Gasteiger partial charge on any atom is 0.139 e. The number of ketones is 2. The topological polar surface area (TPSA) is 34.1 Å². The maximum absolute atomic E-state index is 12.3. The van der Waals surface area contributed by atoms with E-state index in [4.69, 9.17) is 0 Å². The van der Waals surface area contributed by atoms with Crippen molar-refractivity contribution in [2.24, 2.45) is 34.5 Å². The van der Waals surface area contributed by atoms with Crippen molar-refractivity contribution in [3.63, 3.8) is 0 Å². The molecule has 3 fully saturated rings. The van der Waals surface area contributed by atoms with Crippen molar-refractivity contribution >= 4 is 11.6 Å². The minimum atomic E-state index is -0.344. The number of Topliss-reactive ketones (excluding diaryl/α,β-unsaturated/α-hetero) is 2. The fraction of sp³-hybridized carbons (Fsp3) is 0.867. The van der Waals surface area contributed by atoms with Gasteiger partial charge in [-0.1, -0.05) is 27.7 Å². The van der Waals surface area contributed by atoms with Gasteiger partial charge in [-0.05, 0) is 29.6 Å². The molecule has 3 rings (SSSR count). The van der Waals surface area contributed by atoms with Crippen molar-refractivity contribution in [1.29, 1.82) is 0 Å². The Kier molecular flexibility index (Phi) is 2.03. The fourth-order valence-electron chi connectivity index (χ4n) is 5.04. The molecule has 5 atom stereocenters. The standard InChI is InChI=1S/C15H22O2/c1-8-5-6-10(17)15(4)7-9(16)12-13(11(8)15)14(12,2)3/h8,11-13H,5-7H2,1-4H3/t8-,11-,12-,13+,15+/m1/s1. The molecule has 0 amide bonds. The van der Waals surface area contributed by atoms with Crippen LogP contribution in [0, 0.1) is 34.5 Å². The molecule has 0 aromatic heterocycles. The van der Waals surface area contributed by atoms with E-state index in [9.17, 15) is 9.59 Å². The van der Waals surface area contributed by atoms with Crippen molar-refractivity contribution in [1.82, 2.24) is 0 Å². The normalized spacial score (nSPS) is 51.8. The van der Waals surface area contributed by atoms with E-state index in [1.807, 2.05) is 0 Å². The van der Waals surface area contributed by atoms with Gasteiger partial charge in [-0.3, -0.25) is 9.59 Å². The molecule has 0 aromatic carbocycles. The maximum atomic E-state index is 12.3. The molecule has 2 heteroatoms. The Balaban J connectivity index is 2.04. The van der Waals surface area contributed by atoms with Crippen LogP contribution >= 0.6 is 0 Å². The molecule has 0 radical (unpaired) electrons. The molecule has 0 heterocycles. The van der Waals surface area contributed by atoms with Gasteiger partial charge in [0.05, 0.1) is 0 Å². The van der Waals surface area contributed by atoms with E-state index in [1.165, 1.54) is 0 Å². The van der Waals surface area contributed by atoms with Crippen LogP contribution in [0.15, 0.2) is 0 Å². The number of carbonyl (C=O) groups excluding carboxylic acids is 2. The highest BCUT2D eigenvalue weighted by Gasteiger charge is 2.72. The molecule has 0 aromatic rings.